The van der Waals surface area contributed by atoms with E-state index in [-0.39, 0.29) is 6.61 Å². The molecular formula is C16H22N2O2. The summed E-state index contributed by atoms with van der Waals surface area (Å²) in [6.45, 7) is 1.61. The maximum absolute atomic E-state index is 10.3. The van der Waals surface area contributed by atoms with Crippen LogP contribution in [0.1, 0.15) is 42.9 Å². The fraction of sp³-hybridized carbons (Fsp3) is 0.562. The molecule has 20 heavy (non-hydrogen) atoms. The van der Waals surface area contributed by atoms with Gasteiger partial charge >= 0.3 is 0 Å². The van der Waals surface area contributed by atoms with Gasteiger partial charge in [0, 0.05) is 25.7 Å². The first kappa shape index (κ1) is 15.0. The van der Waals surface area contributed by atoms with Gasteiger partial charge < -0.3 is 10.2 Å². The lowest BCUT2D eigenvalue weighted by Gasteiger charge is -2.38. The summed E-state index contributed by atoms with van der Waals surface area (Å²) < 4.78 is 0. The molecule has 1 aliphatic carbocycles. The summed E-state index contributed by atoms with van der Waals surface area (Å²) in [6.07, 6.45) is 3.84. The number of nitriles is 1. The third-order valence-electron chi connectivity index (χ3n) is 4.03. The van der Waals surface area contributed by atoms with Crippen LogP contribution >= 0.6 is 0 Å². The van der Waals surface area contributed by atoms with Crippen LogP contribution in [0.5, 0.6) is 0 Å². The Balaban J connectivity index is 1.95. The van der Waals surface area contributed by atoms with Crippen LogP contribution in [-0.4, -0.2) is 40.9 Å². The van der Waals surface area contributed by atoms with Gasteiger partial charge in [-0.25, -0.2) is 0 Å². The Kier molecular flexibility index (Phi) is 5.54. The SMILES string of the molecule is N#Cc1ccc(C(O)CN(CCCO)C2CCC2)cc1. The van der Waals surface area contributed by atoms with Crippen LogP contribution in [0.25, 0.3) is 0 Å². The van der Waals surface area contributed by atoms with E-state index in [0.717, 1.165) is 18.5 Å². The predicted octanol–water partition coefficient (Wildman–Crippen LogP) is 1.83. The normalized spacial score (nSPS) is 16.7. The van der Waals surface area contributed by atoms with E-state index in [2.05, 4.69) is 11.0 Å². The van der Waals surface area contributed by atoms with E-state index in [1.807, 2.05) is 12.1 Å². The number of rotatable bonds is 7. The molecule has 1 aliphatic rings. The fourth-order valence-electron chi connectivity index (χ4n) is 2.56. The molecular weight excluding hydrogens is 252 g/mol. The average Bonchev–Trinajstić information content (AvgIpc) is 2.42. The van der Waals surface area contributed by atoms with Crippen molar-refractivity contribution < 1.29 is 10.2 Å². The van der Waals surface area contributed by atoms with E-state index in [9.17, 15) is 5.11 Å². The second kappa shape index (κ2) is 7.39. The molecule has 1 aromatic carbocycles. The van der Waals surface area contributed by atoms with Crippen molar-refractivity contribution in [3.63, 3.8) is 0 Å². The Morgan fingerprint density at radius 3 is 2.50 bits per heavy atom. The van der Waals surface area contributed by atoms with Crippen molar-refractivity contribution in [2.45, 2.75) is 37.8 Å². The molecule has 1 unspecified atom stereocenters. The van der Waals surface area contributed by atoms with Gasteiger partial charge in [-0.3, -0.25) is 4.90 Å². The van der Waals surface area contributed by atoms with Gasteiger partial charge in [-0.15, -0.1) is 0 Å². The number of hydrogen-bond acceptors (Lipinski definition) is 4. The zero-order chi connectivity index (χ0) is 14.4. The van der Waals surface area contributed by atoms with E-state index in [0.29, 0.717) is 18.2 Å². The smallest absolute Gasteiger partial charge is 0.0991 e. The lowest BCUT2D eigenvalue weighted by molar-refractivity contribution is 0.0536. The standard InChI is InChI=1S/C16H22N2O2/c17-11-13-5-7-14(8-6-13)16(20)12-18(9-2-10-19)15-3-1-4-15/h5-8,15-16,19-20H,1-4,9-10,12H2. The van der Waals surface area contributed by atoms with Crippen LogP contribution in [-0.2, 0) is 0 Å². The Hall–Kier alpha value is -1.41. The van der Waals surface area contributed by atoms with Gasteiger partial charge in [0.1, 0.15) is 0 Å². The largest absolute Gasteiger partial charge is 0.396 e. The Bertz CT molecular complexity index is 449. The van der Waals surface area contributed by atoms with Gasteiger partial charge in [0.2, 0.25) is 0 Å². The third-order valence-corrected chi connectivity index (χ3v) is 4.03. The molecule has 0 aliphatic heterocycles. The first-order valence-electron chi connectivity index (χ1n) is 7.27. The van der Waals surface area contributed by atoms with Gasteiger partial charge in [-0.1, -0.05) is 18.6 Å². The van der Waals surface area contributed by atoms with Crippen molar-refractivity contribution in [3.05, 3.63) is 35.4 Å². The van der Waals surface area contributed by atoms with Crippen LogP contribution in [0.3, 0.4) is 0 Å². The van der Waals surface area contributed by atoms with E-state index >= 15 is 0 Å². The number of benzene rings is 1. The Morgan fingerprint density at radius 1 is 1.30 bits per heavy atom. The monoisotopic (exact) mass is 274 g/mol. The molecule has 0 amide bonds. The molecule has 0 aromatic heterocycles. The van der Waals surface area contributed by atoms with E-state index in [1.165, 1.54) is 19.3 Å². The van der Waals surface area contributed by atoms with Gasteiger partial charge in [0.15, 0.2) is 0 Å². The zero-order valence-corrected chi connectivity index (χ0v) is 11.7. The number of nitrogens with zero attached hydrogens (tertiary/aromatic N) is 2. The molecule has 0 saturated heterocycles. The second-order valence-corrected chi connectivity index (χ2v) is 5.41. The van der Waals surface area contributed by atoms with E-state index in [4.69, 9.17) is 10.4 Å². The highest BCUT2D eigenvalue weighted by molar-refractivity contribution is 5.32. The maximum Gasteiger partial charge on any atom is 0.0991 e. The van der Waals surface area contributed by atoms with Crippen molar-refractivity contribution in [2.75, 3.05) is 19.7 Å². The molecule has 1 atom stereocenters. The predicted molar refractivity (Wildman–Crippen MR) is 77.0 cm³/mol. The summed E-state index contributed by atoms with van der Waals surface area (Å²) in [5.74, 6) is 0. The summed E-state index contributed by atoms with van der Waals surface area (Å²) in [7, 11) is 0. The minimum absolute atomic E-state index is 0.191. The van der Waals surface area contributed by atoms with Crippen LogP contribution < -0.4 is 0 Å². The lowest BCUT2D eigenvalue weighted by Crippen LogP contribution is -2.43. The van der Waals surface area contributed by atoms with Crippen molar-refractivity contribution in [1.29, 1.82) is 5.26 Å². The van der Waals surface area contributed by atoms with Crippen molar-refractivity contribution in [1.82, 2.24) is 4.90 Å². The first-order valence-corrected chi connectivity index (χ1v) is 7.27. The Labute approximate surface area is 120 Å². The molecule has 1 fully saturated rings. The van der Waals surface area contributed by atoms with Gasteiger partial charge in [0.25, 0.3) is 0 Å². The second-order valence-electron chi connectivity index (χ2n) is 5.41. The molecule has 0 heterocycles. The van der Waals surface area contributed by atoms with E-state index in [1.54, 1.807) is 12.1 Å². The van der Waals surface area contributed by atoms with Crippen LogP contribution in [0.4, 0.5) is 0 Å². The lowest BCUT2D eigenvalue weighted by atomic mass is 9.90. The van der Waals surface area contributed by atoms with Crippen molar-refractivity contribution in [3.8, 4) is 6.07 Å². The van der Waals surface area contributed by atoms with Crippen LogP contribution in [0, 0.1) is 11.3 Å². The highest BCUT2D eigenvalue weighted by Crippen LogP contribution is 2.27. The molecule has 2 rings (SSSR count). The third kappa shape index (κ3) is 3.80. The summed E-state index contributed by atoms with van der Waals surface area (Å²) in [5, 5.41) is 28.1. The molecule has 108 valence electrons. The first-order chi connectivity index (χ1) is 9.74. The van der Waals surface area contributed by atoms with Crippen molar-refractivity contribution >= 4 is 0 Å². The Morgan fingerprint density at radius 2 is 2.00 bits per heavy atom. The summed E-state index contributed by atoms with van der Waals surface area (Å²) in [4.78, 5) is 2.28. The molecule has 2 N–H and O–H groups in total. The molecule has 4 nitrogen and oxygen atoms in total. The van der Waals surface area contributed by atoms with Crippen LogP contribution in [0.2, 0.25) is 0 Å². The van der Waals surface area contributed by atoms with Gasteiger partial charge in [0.05, 0.1) is 17.7 Å². The quantitative estimate of drug-likeness (QED) is 0.796. The summed E-state index contributed by atoms with van der Waals surface area (Å²) >= 11 is 0. The molecule has 1 saturated carbocycles. The molecule has 1 aromatic rings. The van der Waals surface area contributed by atoms with E-state index < -0.39 is 6.10 Å². The summed E-state index contributed by atoms with van der Waals surface area (Å²) in [6, 6.07) is 9.73. The highest BCUT2D eigenvalue weighted by Gasteiger charge is 2.26. The number of aliphatic hydroxyl groups is 2. The maximum atomic E-state index is 10.3. The van der Waals surface area contributed by atoms with Gasteiger partial charge in [-0.2, -0.15) is 5.26 Å². The average molecular weight is 274 g/mol. The number of hydrogen-bond donors (Lipinski definition) is 2. The minimum Gasteiger partial charge on any atom is -0.396 e. The molecule has 4 heteroatoms. The fourth-order valence-corrected chi connectivity index (χ4v) is 2.56. The van der Waals surface area contributed by atoms with Crippen LogP contribution in [0.15, 0.2) is 24.3 Å². The topological polar surface area (TPSA) is 67.5 Å². The number of aliphatic hydroxyl groups excluding tert-OH is 2. The zero-order valence-electron chi connectivity index (χ0n) is 11.7. The van der Waals surface area contributed by atoms with Gasteiger partial charge in [-0.05, 0) is 37.0 Å². The van der Waals surface area contributed by atoms with Crippen molar-refractivity contribution in [2.24, 2.45) is 0 Å². The molecule has 0 spiro atoms. The molecule has 0 bridgehead atoms. The minimum atomic E-state index is -0.540. The summed E-state index contributed by atoms with van der Waals surface area (Å²) in [5.41, 5.74) is 1.45. The highest BCUT2D eigenvalue weighted by atomic mass is 16.3. The molecule has 0 radical (unpaired) electrons.